The smallest absolute Gasteiger partial charge is 0.407 e. The quantitative estimate of drug-likeness (QED) is 0.477. The number of ether oxygens (including phenoxy) is 2. The third kappa shape index (κ3) is 6.25. The summed E-state index contributed by atoms with van der Waals surface area (Å²) in [6.07, 6.45) is 3.57. The fourth-order valence-corrected chi connectivity index (χ4v) is 3.54. The normalized spacial score (nSPS) is 16.7. The van der Waals surface area contributed by atoms with Gasteiger partial charge in [-0.3, -0.25) is 0 Å². The fourth-order valence-electron chi connectivity index (χ4n) is 3.54. The summed E-state index contributed by atoms with van der Waals surface area (Å²) in [6.45, 7) is 1.65. The Morgan fingerprint density at radius 2 is 2.13 bits per heavy atom. The van der Waals surface area contributed by atoms with Gasteiger partial charge in [-0.2, -0.15) is 0 Å². The van der Waals surface area contributed by atoms with Gasteiger partial charge >= 0.3 is 6.09 Å². The molecular weight excluding hydrogens is 386 g/mol. The first-order valence-corrected chi connectivity index (χ1v) is 10.5. The number of nitrogens with two attached hydrogens (primary N) is 1. The number of aliphatic hydroxyl groups excluding tert-OH is 1. The number of rotatable bonds is 11. The number of hydrogen-bond acceptors (Lipinski definition) is 7. The van der Waals surface area contributed by atoms with Crippen molar-refractivity contribution in [3.8, 4) is 0 Å². The highest BCUT2D eigenvalue weighted by molar-refractivity contribution is 5.67. The van der Waals surface area contributed by atoms with E-state index in [1.807, 2.05) is 34.9 Å². The molecule has 0 spiro atoms. The number of alkyl carbamates (subject to hydrolysis) is 1. The first kappa shape index (κ1) is 22.2. The van der Waals surface area contributed by atoms with Crippen molar-refractivity contribution in [1.82, 2.24) is 20.1 Å². The van der Waals surface area contributed by atoms with Gasteiger partial charge in [0.2, 0.25) is 0 Å². The van der Waals surface area contributed by atoms with Gasteiger partial charge in [0.1, 0.15) is 12.4 Å². The molecule has 0 radical (unpaired) electrons. The maximum Gasteiger partial charge on any atom is 0.407 e. The average molecular weight is 418 g/mol. The second kappa shape index (κ2) is 11.6. The molecule has 4 N–H and O–H groups in total. The van der Waals surface area contributed by atoms with Crippen LogP contribution in [0.1, 0.15) is 55.0 Å². The molecule has 1 aromatic carbocycles. The van der Waals surface area contributed by atoms with Crippen molar-refractivity contribution < 1.29 is 19.4 Å². The van der Waals surface area contributed by atoms with Crippen LogP contribution in [-0.2, 0) is 22.5 Å². The number of aryl methyl sites for hydroxylation is 1. The molecule has 0 aliphatic carbocycles. The minimum absolute atomic E-state index is 0.0397. The van der Waals surface area contributed by atoms with E-state index in [-0.39, 0.29) is 19.3 Å². The highest BCUT2D eigenvalue weighted by atomic mass is 16.5. The predicted octanol–water partition coefficient (Wildman–Crippen LogP) is 1.87. The Balaban J connectivity index is 1.53. The Kier molecular flexibility index (Phi) is 8.61. The van der Waals surface area contributed by atoms with E-state index in [4.69, 9.17) is 20.3 Å². The minimum atomic E-state index is -0.454. The van der Waals surface area contributed by atoms with Crippen molar-refractivity contribution >= 4 is 6.09 Å². The molecule has 0 saturated carbocycles. The number of unbranched alkanes of at least 4 members (excludes halogenated alkanes) is 1. The second-order valence-corrected chi connectivity index (χ2v) is 7.45. The number of benzene rings is 1. The molecular formula is C21H31N5O4. The number of nitrogens with zero attached hydrogens (tertiary/aromatic N) is 3. The van der Waals surface area contributed by atoms with Crippen LogP contribution >= 0.6 is 0 Å². The zero-order valence-electron chi connectivity index (χ0n) is 17.2. The monoisotopic (exact) mass is 417 g/mol. The van der Waals surface area contributed by atoms with Crippen LogP contribution in [0.4, 0.5) is 4.79 Å². The number of hydrogen-bond donors (Lipinski definition) is 3. The molecule has 1 aliphatic rings. The molecule has 9 nitrogen and oxygen atoms in total. The van der Waals surface area contributed by atoms with E-state index in [2.05, 4.69) is 15.5 Å². The van der Waals surface area contributed by atoms with Gasteiger partial charge in [0.05, 0.1) is 25.3 Å². The molecule has 164 valence electrons. The van der Waals surface area contributed by atoms with Crippen LogP contribution < -0.4 is 11.1 Å². The molecule has 1 aliphatic heterocycles. The summed E-state index contributed by atoms with van der Waals surface area (Å²) < 4.78 is 13.2. The van der Waals surface area contributed by atoms with Gasteiger partial charge < -0.3 is 30.2 Å². The molecule has 9 heteroatoms. The zero-order chi connectivity index (χ0) is 21.2. The number of carbonyl (C=O) groups excluding carboxylic acids is 1. The van der Waals surface area contributed by atoms with Crippen LogP contribution in [0, 0.1) is 0 Å². The lowest BCUT2D eigenvalue weighted by atomic mass is 10.0. The number of aliphatic hydroxyl groups is 1. The molecule has 1 unspecified atom stereocenters. The summed E-state index contributed by atoms with van der Waals surface area (Å²) in [5.74, 6) is 1.53. The first-order valence-electron chi connectivity index (χ1n) is 10.5. The highest BCUT2D eigenvalue weighted by Gasteiger charge is 2.28. The topological polar surface area (TPSA) is 125 Å². The van der Waals surface area contributed by atoms with E-state index in [0.29, 0.717) is 38.4 Å². The van der Waals surface area contributed by atoms with Gasteiger partial charge in [-0.05, 0) is 31.2 Å². The van der Waals surface area contributed by atoms with Gasteiger partial charge in [-0.1, -0.05) is 30.3 Å². The predicted molar refractivity (Wildman–Crippen MR) is 111 cm³/mol. The van der Waals surface area contributed by atoms with Gasteiger partial charge in [0, 0.05) is 19.6 Å². The van der Waals surface area contributed by atoms with E-state index in [9.17, 15) is 4.79 Å². The second-order valence-electron chi connectivity index (χ2n) is 7.45. The van der Waals surface area contributed by atoms with Gasteiger partial charge in [-0.15, -0.1) is 10.2 Å². The summed E-state index contributed by atoms with van der Waals surface area (Å²) in [4.78, 5) is 11.9. The summed E-state index contributed by atoms with van der Waals surface area (Å²) >= 11 is 0. The van der Waals surface area contributed by atoms with E-state index in [0.717, 1.165) is 30.7 Å². The van der Waals surface area contributed by atoms with E-state index in [1.165, 1.54) is 0 Å². The van der Waals surface area contributed by atoms with Crippen LogP contribution in [-0.4, -0.2) is 52.3 Å². The molecule has 1 aromatic heterocycles. The first-order chi connectivity index (χ1) is 14.7. The SMILES string of the molecule is N[C@H](COCc1ccccc1)c1nnc2n1C(COC(=O)NCCCCO)CCC2. The van der Waals surface area contributed by atoms with Crippen molar-refractivity contribution in [2.24, 2.45) is 5.73 Å². The number of fused-ring (bicyclic) bond motifs is 1. The lowest BCUT2D eigenvalue weighted by Gasteiger charge is -2.27. The summed E-state index contributed by atoms with van der Waals surface area (Å²) in [5.41, 5.74) is 7.44. The maximum absolute atomic E-state index is 11.9. The molecule has 1 amide bonds. The molecule has 30 heavy (non-hydrogen) atoms. The Hall–Kier alpha value is -2.49. The largest absolute Gasteiger partial charge is 0.447 e. The Morgan fingerprint density at radius 1 is 1.30 bits per heavy atom. The van der Waals surface area contributed by atoms with Crippen LogP contribution in [0.3, 0.4) is 0 Å². The Labute approximate surface area is 176 Å². The number of carbonyl (C=O) groups is 1. The van der Waals surface area contributed by atoms with E-state index >= 15 is 0 Å². The standard InChI is InChI=1S/C21H31N5O4/c22-18(15-29-13-16-7-2-1-3-8-16)20-25-24-19-10-6-9-17(26(19)20)14-30-21(28)23-11-4-5-12-27/h1-3,7-8,17-18,27H,4-6,9-15,22H2,(H,23,28)/t17?,18-/m1/s1. The minimum Gasteiger partial charge on any atom is -0.447 e. The van der Waals surface area contributed by atoms with Crippen LogP contribution in [0.5, 0.6) is 0 Å². The van der Waals surface area contributed by atoms with Crippen molar-refractivity contribution in [1.29, 1.82) is 0 Å². The number of aromatic nitrogens is 3. The third-order valence-electron chi connectivity index (χ3n) is 5.10. The van der Waals surface area contributed by atoms with Gasteiger partial charge in [0.15, 0.2) is 5.82 Å². The lowest BCUT2D eigenvalue weighted by molar-refractivity contribution is 0.101. The van der Waals surface area contributed by atoms with Crippen molar-refractivity contribution in [2.45, 2.75) is 50.8 Å². The molecule has 2 heterocycles. The van der Waals surface area contributed by atoms with Crippen molar-refractivity contribution in [3.63, 3.8) is 0 Å². The Morgan fingerprint density at radius 3 is 2.93 bits per heavy atom. The highest BCUT2D eigenvalue weighted by Crippen LogP contribution is 2.27. The van der Waals surface area contributed by atoms with Gasteiger partial charge in [-0.25, -0.2) is 4.79 Å². The number of amides is 1. The van der Waals surface area contributed by atoms with Gasteiger partial charge in [0.25, 0.3) is 0 Å². The fraction of sp³-hybridized carbons (Fsp3) is 0.571. The zero-order valence-corrected chi connectivity index (χ0v) is 17.2. The summed E-state index contributed by atoms with van der Waals surface area (Å²) in [6, 6.07) is 9.47. The van der Waals surface area contributed by atoms with Crippen LogP contribution in [0.2, 0.25) is 0 Å². The Bertz CT molecular complexity index is 783. The van der Waals surface area contributed by atoms with Crippen LogP contribution in [0.25, 0.3) is 0 Å². The lowest BCUT2D eigenvalue weighted by Crippen LogP contribution is -2.32. The van der Waals surface area contributed by atoms with Crippen LogP contribution in [0.15, 0.2) is 30.3 Å². The van der Waals surface area contributed by atoms with E-state index < -0.39 is 12.1 Å². The molecule has 0 saturated heterocycles. The van der Waals surface area contributed by atoms with Crippen molar-refractivity contribution in [2.75, 3.05) is 26.4 Å². The summed E-state index contributed by atoms with van der Waals surface area (Å²) in [5, 5.41) is 20.1. The molecule has 0 fully saturated rings. The molecule has 3 rings (SSSR count). The molecule has 2 aromatic rings. The third-order valence-corrected chi connectivity index (χ3v) is 5.10. The average Bonchev–Trinajstić information content (AvgIpc) is 3.21. The van der Waals surface area contributed by atoms with E-state index in [1.54, 1.807) is 0 Å². The molecule has 0 bridgehead atoms. The maximum atomic E-state index is 11.9. The summed E-state index contributed by atoms with van der Waals surface area (Å²) in [7, 11) is 0. The molecule has 2 atom stereocenters. The number of nitrogens with one attached hydrogen (secondary N) is 1. The van der Waals surface area contributed by atoms with Crippen molar-refractivity contribution in [3.05, 3.63) is 47.5 Å².